The van der Waals surface area contributed by atoms with Crippen LogP contribution in [0.2, 0.25) is 0 Å². The number of aromatic nitrogens is 1. The Balaban J connectivity index is 2.09. The first-order valence-electron chi connectivity index (χ1n) is 6.65. The van der Waals surface area contributed by atoms with E-state index in [1.165, 1.54) is 16.2 Å². The normalized spacial score (nSPS) is 19.5. The van der Waals surface area contributed by atoms with Gasteiger partial charge in [0.25, 0.3) is 0 Å². The van der Waals surface area contributed by atoms with Gasteiger partial charge in [-0.3, -0.25) is 0 Å². The maximum absolute atomic E-state index is 12.1. The number of aliphatic carboxylic acids is 1. The Hall–Kier alpha value is -1.83. The Labute approximate surface area is 127 Å². The third-order valence-electron chi connectivity index (χ3n) is 2.98. The monoisotopic (exact) mass is 313 g/mol. The third-order valence-corrected chi connectivity index (χ3v) is 3.79. The Kier molecular flexibility index (Phi) is 4.36. The van der Waals surface area contributed by atoms with Crippen molar-refractivity contribution in [1.82, 2.24) is 9.88 Å². The van der Waals surface area contributed by atoms with Crippen LogP contribution in [0.5, 0.6) is 0 Å². The van der Waals surface area contributed by atoms with Crippen molar-refractivity contribution < 1.29 is 19.4 Å². The number of carbonyl (C=O) groups is 2. The number of hydrogen-bond acceptors (Lipinski definition) is 6. The number of nitrogens with zero attached hydrogens (tertiary/aromatic N) is 3. The highest BCUT2D eigenvalue weighted by molar-refractivity contribution is 7.13. The molecule has 116 valence electrons. The Morgan fingerprint density at radius 2 is 2.14 bits per heavy atom. The average molecular weight is 313 g/mol. The molecule has 0 aromatic carbocycles. The molecular weight excluding hydrogens is 294 g/mol. The van der Waals surface area contributed by atoms with Crippen molar-refractivity contribution in [3.05, 3.63) is 11.6 Å². The van der Waals surface area contributed by atoms with E-state index >= 15 is 0 Å². The molecule has 0 radical (unpaired) electrons. The quantitative estimate of drug-likeness (QED) is 0.894. The van der Waals surface area contributed by atoms with E-state index in [9.17, 15) is 14.7 Å². The number of carboxylic acid groups (broad SMARTS) is 1. The second kappa shape index (κ2) is 5.88. The van der Waals surface area contributed by atoms with Gasteiger partial charge in [0, 0.05) is 24.7 Å². The number of carbonyl (C=O) groups excluding carboxylic acids is 1. The number of thiazole rings is 1. The van der Waals surface area contributed by atoms with Crippen LogP contribution in [0.15, 0.2) is 11.6 Å². The summed E-state index contributed by atoms with van der Waals surface area (Å²) < 4.78 is 5.29. The fraction of sp³-hybridized carbons (Fsp3) is 0.615. The van der Waals surface area contributed by atoms with Crippen LogP contribution in [-0.2, 0) is 9.53 Å². The third kappa shape index (κ3) is 3.84. The first-order valence-corrected chi connectivity index (χ1v) is 7.53. The molecule has 1 saturated heterocycles. The summed E-state index contributed by atoms with van der Waals surface area (Å²) in [5.41, 5.74) is -0.595. The highest BCUT2D eigenvalue weighted by Crippen LogP contribution is 2.24. The molecule has 0 bridgehead atoms. The predicted octanol–water partition coefficient (Wildman–Crippen LogP) is 1.65. The minimum Gasteiger partial charge on any atom is -0.480 e. The summed E-state index contributed by atoms with van der Waals surface area (Å²) >= 11 is 1.39. The van der Waals surface area contributed by atoms with E-state index in [2.05, 4.69) is 4.98 Å². The van der Waals surface area contributed by atoms with Gasteiger partial charge in [0.2, 0.25) is 0 Å². The summed E-state index contributed by atoms with van der Waals surface area (Å²) in [7, 11) is 0. The van der Waals surface area contributed by atoms with Gasteiger partial charge < -0.3 is 19.6 Å². The molecule has 0 aliphatic carbocycles. The fourth-order valence-electron chi connectivity index (χ4n) is 2.07. The molecule has 2 rings (SSSR count). The smallest absolute Gasteiger partial charge is 0.410 e. The summed E-state index contributed by atoms with van der Waals surface area (Å²) in [6.07, 6.45) is 1.16. The molecule has 1 aromatic rings. The molecule has 1 atom stereocenters. The lowest BCUT2D eigenvalue weighted by molar-refractivity contribution is -0.139. The summed E-state index contributed by atoms with van der Waals surface area (Å²) in [5, 5.41) is 11.9. The first kappa shape index (κ1) is 15.6. The van der Waals surface area contributed by atoms with Gasteiger partial charge in [0.05, 0.1) is 6.54 Å². The molecule has 8 heteroatoms. The van der Waals surface area contributed by atoms with Gasteiger partial charge in [0.15, 0.2) is 5.13 Å². The predicted molar refractivity (Wildman–Crippen MR) is 78.7 cm³/mol. The molecule has 1 fully saturated rings. The summed E-state index contributed by atoms with van der Waals surface area (Å²) in [5.74, 6) is -0.974. The highest BCUT2D eigenvalue weighted by atomic mass is 32.1. The van der Waals surface area contributed by atoms with Gasteiger partial charge in [0.1, 0.15) is 11.6 Å². The van der Waals surface area contributed by atoms with Crippen LogP contribution in [0.1, 0.15) is 20.8 Å². The Morgan fingerprint density at radius 1 is 1.43 bits per heavy atom. The number of anilines is 1. The molecule has 0 unspecified atom stereocenters. The van der Waals surface area contributed by atoms with Gasteiger partial charge in [-0.2, -0.15) is 0 Å². The number of hydrogen-bond donors (Lipinski definition) is 1. The van der Waals surface area contributed by atoms with Crippen LogP contribution >= 0.6 is 11.3 Å². The number of ether oxygens (including phenoxy) is 1. The second-order valence-electron chi connectivity index (χ2n) is 5.79. The van der Waals surface area contributed by atoms with Crippen LogP contribution in [0, 0.1) is 0 Å². The van der Waals surface area contributed by atoms with E-state index in [-0.39, 0.29) is 6.54 Å². The van der Waals surface area contributed by atoms with Crippen molar-refractivity contribution >= 4 is 28.5 Å². The second-order valence-corrected chi connectivity index (χ2v) is 6.66. The van der Waals surface area contributed by atoms with E-state index in [4.69, 9.17) is 4.74 Å². The molecular formula is C13H19N3O4S. The van der Waals surface area contributed by atoms with Crippen LogP contribution in [0.3, 0.4) is 0 Å². The van der Waals surface area contributed by atoms with Crippen LogP contribution < -0.4 is 4.90 Å². The SMILES string of the molecule is CC(C)(C)OC(=O)N1CCN(c2nccs2)[C@H](C(=O)O)C1. The minimum atomic E-state index is -0.974. The molecule has 7 nitrogen and oxygen atoms in total. The van der Waals surface area contributed by atoms with Crippen molar-refractivity contribution in [1.29, 1.82) is 0 Å². The maximum atomic E-state index is 12.1. The average Bonchev–Trinajstić information content (AvgIpc) is 2.89. The molecule has 1 aromatic heterocycles. The van der Waals surface area contributed by atoms with Gasteiger partial charge in [-0.05, 0) is 20.8 Å². The van der Waals surface area contributed by atoms with E-state index in [0.717, 1.165) is 0 Å². The van der Waals surface area contributed by atoms with E-state index in [1.54, 1.807) is 37.2 Å². The van der Waals surface area contributed by atoms with Crippen LogP contribution in [0.25, 0.3) is 0 Å². The van der Waals surface area contributed by atoms with Gasteiger partial charge >= 0.3 is 12.1 Å². The van der Waals surface area contributed by atoms with E-state index in [1.807, 2.05) is 0 Å². The fourth-order valence-corrected chi connectivity index (χ4v) is 2.79. The zero-order valence-corrected chi connectivity index (χ0v) is 13.1. The topological polar surface area (TPSA) is 83.0 Å². The zero-order chi connectivity index (χ0) is 15.6. The van der Waals surface area contributed by atoms with Crippen molar-refractivity contribution in [2.45, 2.75) is 32.4 Å². The lowest BCUT2D eigenvalue weighted by Crippen LogP contribution is -2.58. The largest absolute Gasteiger partial charge is 0.480 e. The summed E-state index contributed by atoms with van der Waals surface area (Å²) in [4.78, 5) is 30.8. The van der Waals surface area contributed by atoms with Crippen LogP contribution in [-0.4, -0.2) is 58.3 Å². The van der Waals surface area contributed by atoms with Crippen molar-refractivity contribution in [2.24, 2.45) is 0 Å². The molecule has 0 spiro atoms. The molecule has 1 amide bonds. The molecule has 1 aliphatic heterocycles. The number of piperazine rings is 1. The molecule has 0 saturated carbocycles. The zero-order valence-electron chi connectivity index (χ0n) is 12.3. The van der Waals surface area contributed by atoms with Crippen molar-refractivity contribution in [2.75, 3.05) is 24.5 Å². The maximum Gasteiger partial charge on any atom is 0.410 e. The van der Waals surface area contributed by atoms with Gasteiger partial charge in [-0.1, -0.05) is 0 Å². The standard InChI is InChI=1S/C13H19N3O4S/c1-13(2,3)20-12(19)15-5-6-16(9(8-15)10(17)18)11-14-4-7-21-11/h4,7,9H,5-6,8H2,1-3H3,(H,17,18)/t9-/m0/s1. The number of amides is 1. The molecule has 1 aliphatic rings. The Bertz CT molecular complexity index is 512. The van der Waals surface area contributed by atoms with Gasteiger partial charge in [-0.15, -0.1) is 11.3 Å². The van der Waals surface area contributed by atoms with Crippen molar-refractivity contribution in [3.8, 4) is 0 Å². The van der Waals surface area contributed by atoms with Crippen molar-refractivity contribution in [3.63, 3.8) is 0 Å². The molecule has 2 heterocycles. The lowest BCUT2D eigenvalue weighted by Gasteiger charge is -2.39. The minimum absolute atomic E-state index is 0.0871. The number of carboxylic acids is 1. The van der Waals surface area contributed by atoms with E-state index < -0.39 is 23.7 Å². The highest BCUT2D eigenvalue weighted by Gasteiger charge is 2.36. The molecule has 21 heavy (non-hydrogen) atoms. The van der Waals surface area contributed by atoms with Gasteiger partial charge in [-0.25, -0.2) is 14.6 Å². The molecule has 1 N–H and O–H groups in total. The first-order chi connectivity index (χ1) is 9.78. The van der Waals surface area contributed by atoms with Crippen LogP contribution in [0.4, 0.5) is 9.93 Å². The lowest BCUT2D eigenvalue weighted by atomic mass is 10.2. The number of rotatable bonds is 2. The van der Waals surface area contributed by atoms with E-state index in [0.29, 0.717) is 18.2 Å². The summed E-state index contributed by atoms with van der Waals surface area (Å²) in [6.45, 7) is 6.27. The summed E-state index contributed by atoms with van der Waals surface area (Å²) in [6, 6.07) is -0.808. The Morgan fingerprint density at radius 3 is 2.67 bits per heavy atom.